The molecule has 0 aromatic heterocycles. The van der Waals surface area contributed by atoms with Crippen LogP contribution >= 0.6 is 0 Å². The molecular formula is C22H25F2N3O2. The van der Waals surface area contributed by atoms with E-state index in [9.17, 15) is 13.6 Å². The summed E-state index contributed by atoms with van der Waals surface area (Å²) in [7, 11) is 0. The molecule has 0 saturated carbocycles. The molecular weight excluding hydrogens is 376 g/mol. The topological polar surface area (TPSA) is 67.6 Å². The molecule has 0 aliphatic carbocycles. The maximum absolute atomic E-state index is 13.2. The van der Waals surface area contributed by atoms with Crippen molar-refractivity contribution in [3.05, 3.63) is 71.3 Å². The Hall–Kier alpha value is -2.77. The van der Waals surface area contributed by atoms with E-state index in [-0.39, 0.29) is 23.6 Å². The summed E-state index contributed by atoms with van der Waals surface area (Å²) in [6.07, 6.45) is 2.66. The van der Waals surface area contributed by atoms with Gasteiger partial charge in [-0.25, -0.2) is 8.78 Å². The molecule has 5 nitrogen and oxygen atoms in total. The molecule has 1 heterocycles. The average molecular weight is 401 g/mol. The predicted molar refractivity (Wildman–Crippen MR) is 109 cm³/mol. The molecule has 1 fully saturated rings. The van der Waals surface area contributed by atoms with Crippen LogP contribution in [0.4, 0.5) is 14.5 Å². The van der Waals surface area contributed by atoms with Crippen molar-refractivity contribution in [3.63, 3.8) is 0 Å². The number of hydrogen-bond acceptors (Lipinski definition) is 4. The van der Waals surface area contributed by atoms with Gasteiger partial charge in [0.15, 0.2) is 0 Å². The average Bonchev–Trinajstić information content (AvgIpc) is 2.71. The number of ether oxygens (including phenoxy) is 1. The van der Waals surface area contributed by atoms with Crippen LogP contribution in [0.2, 0.25) is 0 Å². The van der Waals surface area contributed by atoms with Crippen molar-refractivity contribution in [3.8, 4) is 0 Å². The van der Waals surface area contributed by atoms with Gasteiger partial charge in [-0.05, 0) is 48.4 Å². The molecule has 0 spiro atoms. The summed E-state index contributed by atoms with van der Waals surface area (Å²) >= 11 is 0. The Balaban J connectivity index is 1.63. The van der Waals surface area contributed by atoms with E-state index in [0.717, 1.165) is 42.5 Å². The first-order valence-corrected chi connectivity index (χ1v) is 9.56. The highest BCUT2D eigenvalue weighted by Gasteiger charge is 2.20. The molecule has 1 aliphatic rings. The Labute approximate surface area is 169 Å². The van der Waals surface area contributed by atoms with Gasteiger partial charge in [0.2, 0.25) is 5.91 Å². The van der Waals surface area contributed by atoms with E-state index in [1.165, 1.54) is 12.2 Å². The number of rotatable bonds is 6. The van der Waals surface area contributed by atoms with E-state index >= 15 is 0 Å². The SMILES string of the molecule is CC(NC(=O)/C=C/c1cc(F)cc(F)c1)c1cccc(N2CCOC(CN)C2)c1. The lowest BCUT2D eigenvalue weighted by atomic mass is 10.1. The number of amides is 1. The molecule has 0 radical (unpaired) electrons. The van der Waals surface area contributed by atoms with Gasteiger partial charge in [0.25, 0.3) is 0 Å². The van der Waals surface area contributed by atoms with Crippen molar-refractivity contribution < 1.29 is 18.3 Å². The molecule has 1 saturated heterocycles. The van der Waals surface area contributed by atoms with E-state index in [4.69, 9.17) is 10.5 Å². The first-order chi connectivity index (χ1) is 13.9. The lowest BCUT2D eigenvalue weighted by Gasteiger charge is -2.34. The number of carbonyl (C=O) groups is 1. The number of benzene rings is 2. The lowest BCUT2D eigenvalue weighted by Crippen LogP contribution is -2.45. The number of nitrogens with one attached hydrogen (secondary N) is 1. The Morgan fingerprint density at radius 1 is 1.31 bits per heavy atom. The molecule has 1 amide bonds. The van der Waals surface area contributed by atoms with Crippen molar-refractivity contribution in [1.29, 1.82) is 0 Å². The minimum atomic E-state index is -0.685. The van der Waals surface area contributed by atoms with Crippen LogP contribution in [0.5, 0.6) is 0 Å². The molecule has 2 aromatic rings. The second-order valence-corrected chi connectivity index (χ2v) is 7.04. The number of anilines is 1. The lowest BCUT2D eigenvalue weighted by molar-refractivity contribution is -0.117. The van der Waals surface area contributed by atoms with E-state index in [1.807, 2.05) is 31.2 Å². The van der Waals surface area contributed by atoms with Gasteiger partial charge in [0, 0.05) is 37.5 Å². The van der Waals surface area contributed by atoms with Crippen LogP contribution in [0.25, 0.3) is 6.08 Å². The number of nitrogens with two attached hydrogens (primary N) is 1. The first-order valence-electron chi connectivity index (χ1n) is 9.56. The van der Waals surface area contributed by atoms with Crippen LogP contribution < -0.4 is 16.0 Å². The second-order valence-electron chi connectivity index (χ2n) is 7.04. The normalized spacial score (nSPS) is 18.1. The summed E-state index contributed by atoms with van der Waals surface area (Å²) < 4.78 is 32.1. The number of carbonyl (C=O) groups excluding carboxylic acids is 1. The van der Waals surface area contributed by atoms with Gasteiger partial charge in [-0.15, -0.1) is 0 Å². The van der Waals surface area contributed by atoms with Crippen molar-refractivity contribution in [1.82, 2.24) is 5.32 Å². The molecule has 29 heavy (non-hydrogen) atoms. The fourth-order valence-electron chi connectivity index (χ4n) is 3.28. The van der Waals surface area contributed by atoms with Gasteiger partial charge >= 0.3 is 0 Å². The summed E-state index contributed by atoms with van der Waals surface area (Å²) in [6.45, 7) is 4.50. The summed E-state index contributed by atoms with van der Waals surface area (Å²) in [4.78, 5) is 14.4. The third-order valence-corrected chi connectivity index (χ3v) is 4.81. The second kappa shape index (κ2) is 9.62. The summed E-state index contributed by atoms with van der Waals surface area (Å²) in [5, 5.41) is 2.87. The van der Waals surface area contributed by atoms with Gasteiger partial charge in [0.1, 0.15) is 11.6 Å². The number of halogens is 2. The number of morpholine rings is 1. The molecule has 0 bridgehead atoms. The zero-order valence-electron chi connectivity index (χ0n) is 16.3. The zero-order valence-corrected chi connectivity index (χ0v) is 16.3. The summed E-state index contributed by atoms with van der Waals surface area (Å²) in [5.74, 6) is -1.72. The minimum Gasteiger partial charge on any atom is -0.373 e. The highest BCUT2D eigenvalue weighted by Crippen LogP contribution is 2.22. The van der Waals surface area contributed by atoms with E-state index in [2.05, 4.69) is 10.2 Å². The highest BCUT2D eigenvalue weighted by molar-refractivity contribution is 5.92. The molecule has 3 N–H and O–H groups in total. The third kappa shape index (κ3) is 5.85. The summed E-state index contributed by atoms with van der Waals surface area (Å²) in [5.41, 5.74) is 8.01. The van der Waals surface area contributed by atoms with Gasteiger partial charge in [-0.2, -0.15) is 0 Å². The van der Waals surface area contributed by atoms with Crippen LogP contribution in [0.3, 0.4) is 0 Å². The van der Waals surface area contributed by atoms with Crippen LogP contribution in [0.15, 0.2) is 48.5 Å². The fourth-order valence-corrected chi connectivity index (χ4v) is 3.28. The highest BCUT2D eigenvalue weighted by atomic mass is 19.1. The smallest absolute Gasteiger partial charge is 0.244 e. The maximum atomic E-state index is 13.2. The molecule has 2 unspecified atom stereocenters. The molecule has 7 heteroatoms. The maximum Gasteiger partial charge on any atom is 0.244 e. The van der Waals surface area contributed by atoms with Gasteiger partial charge in [-0.1, -0.05) is 12.1 Å². The van der Waals surface area contributed by atoms with Gasteiger partial charge in [-0.3, -0.25) is 4.79 Å². The number of hydrogen-bond donors (Lipinski definition) is 2. The number of nitrogens with zero attached hydrogens (tertiary/aromatic N) is 1. The Bertz CT molecular complexity index is 868. The van der Waals surface area contributed by atoms with Crippen molar-refractivity contribution >= 4 is 17.7 Å². The van der Waals surface area contributed by atoms with Crippen LogP contribution in [0.1, 0.15) is 24.1 Å². The zero-order chi connectivity index (χ0) is 20.8. The van der Waals surface area contributed by atoms with Gasteiger partial charge < -0.3 is 20.7 Å². The Morgan fingerprint density at radius 2 is 2.07 bits per heavy atom. The Kier molecular flexibility index (Phi) is 6.95. The molecule has 2 aromatic carbocycles. The standard InChI is InChI=1S/C22H25F2N3O2/c1-15(26-22(28)6-5-16-9-18(23)12-19(24)10-16)17-3-2-4-20(11-17)27-7-8-29-21(13-25)14-27/h2-6,9-12,15,21H,7-8,13-14,25H2,1H3,(H,26,28)/b6-5+. The Morgan fingerprint density at radius 3 is 2.79 bits per heavy atom. The van der Waals surface area contributed by atoms with Crippen molar-refractivity contribution in [2.45, 2.75) is 19.1 Å². The van der Waals surface area contributed by atoms with Crippen LogP contribution in [-0.2, 0) is 9.53 Å². The van der Waals surface area contributed by atoms with Crippen molar-refractivity contribution in [2.75, 3.05) is 31.1 Å². The molecule has 154 valence electrons. The molecule has 1 aliphatic heterocycles. The quantitative estimate of drug-likeness (QED) is 0.731. The van der Waals surface area contributed by atoms with E-state index < -0.39 is 11.6 Å². The largest absolute Gasteiger partial charge is 0.373 e. The van der Waals surface area contributed by atoms with Crippen molar-refractivity contribution in [2.24, 2.45) is 5.73 Å². The summed E-state index contributed by atoms with van der Waals surface area (Å²) in [6, 6.07) is 10.8. The van der Waals surface area contributed by atoms with E-state index in [0.29, 0.717) is 13.2 Å². The van der Waals surface area contributed by atoms with Gasteiger partial charge in [0.05, 0.1) is 18.8 Å². The van der Waals surface area contributed by atoms with Crippen LogP contribution in [0, 0.1) is 11.6 Å². The minimum absolute atomic E-state index is 0.0160. The van der Waals surface area contributed by atoms with Crippen LogP contribution in [-0.4, -0.2) is 38.3 Å². The third-order valence-electron chi connectivity index (χ3n) is 4.81. The fraction of sp³-hybridized carbons (Fsp3) is 0.318. The predicted octanol–water partition coefficient (Wildman–Crippen LogP) is 3.02. The first kappa shape index (κ1) is 21.0. The molecule has 3 rings (SSSR count). The molecule has 2 atom stereocenters. The van der Waals surface area contributed by atoms with E-state index in [1.54, 1.807) is 0 Å². The monoisotopic (exact) mass is 401 g/mol.